The molecule has 1 aromatic heterocycles. The van der Waals surface area contributed by atoms with Gasteiger partial charge in [-0.05, 0) is 29.3 Å². The maximum Gasteiger partial charge on any atom is 0.162 e. The van der Waals surface area contributed by atoms with Crippen LogP contribution < -0.4 is 9.47 Å². The van der Waals surface area contributed by atoms with E-state index in [2.05, 4.69) is 54.6 Å². The van der Waals surface area contributed by atoms with Gasteiger partial charge in [0.15, 0.2) is 11.5 Å². The van der Waals surface area contributed by atoms with Crippen molar-refractivity contribution < 1.29 is 9.47 Å². The first kappa shape index (κ1) is 16.2. The van der Waals surface area contributed by atoms with Gasteiger partial charge in [-0.3, -0.25) is 0 Å². The maximum absolute atomic E-state index is 5.40. The number of benzene rings is 3. The van der Waals surface area contributed by atoms with E-state index < -0.39 is 0 Å². The average Bonchev–Trinajstić information content (AvgIpc) is 2.73. The number of methoxy groups -OCH3 is 2. The lowest BCUT2D eigenvalue weighted by Gasteiger charge is -2.10. The predicted octanol–water partition coefficient (Wildman–Crippen LogP) is 5.59. The van der Waals surface area contributed by atoms with Crippen molar-refractivity contribution >= 4 is 10.9 Å². The summed E-state index contributed by atoms with van der Waals surface area (Å²) in [6, 6.07) is 26.8. The van der Waals surface area contributed by atoms with Crippen molar-refractivity contribution in [2.75, 3.05) is 14.2 Å². The van der Waals surface area contributed by atoms with Crippen LogP contribution in [0, 0.1) is 0 Å². The fourth-order valence-electron chi connectivity index (χ4n) is 3.10. The molecular formula is C23H19NO2. The van der Waals surface area contributed by atoms with Gasteiger partial charge in [0.25, 0.3) is 0 Å². The summed E-state index contributed by atoms with van der Waals surface area (Å²) in [5.41, 5.74) is 5.27. The first-order valence-corrected chi connectivity index (χ1v) is 8.47. The highest BCUT2D eigenvalue weighted by molar-refractivity contribution is 5.85. The third-order valence-corrected chi connectivity index (χ3v) is 4.46. The van der Waals surface area contributed by atoms with Crippen molar-refractivity contribution in [1.29, 1.82) is 0 Å². The van der Waals surface area contributed by atoms with E-state index in [0.29, 0.717) is 11.5 Å². The highest BCUT2D eigenvalue weighted by Gasteiger charge is 2.09. The zero-order valence-corrected chi connectivity index (χ0v) is 14.8. The number of nitrogens with zero attached hydrogens (tertiary/aromatic N) is 1. The van der Waals surface area contributed by atoms with Gasteiger partial charge in [0.1, 0.15) is 0 Å². The lowest BCUT2D eigenvalue weighted by atomic mass is 10.0. The van der Waals surface area contributed by atoms with E-state index in [0.717, 1.165) is 22.2 Å². The van der Waals surface area contributed by atoms with Crippen molar-refractivity contribution in [3.8, 4) is 33.9 Å². The van der Waals surface area contributed by atoms with Gasteiger partial charge in [0.2, 0.25) is 0 Å². The van der Waals surface area contributed by atoms with Crippen LogP contribution in [-0.4, -0.2) is 19.2 Å². The van der Waals surface area contributed by atoms with Crippen molar-refractivity contribution in [2.45, 2.75) is 0 Å². The van der Waals surface area contributed by atoms with E-state index in [9.17, 15) is 0 Å². The molecule has 0 aliphatic rings. The van der Waals surface area contributed by atoms with E-state index in [-0.39, 0.29) is 0 Å². The molecule has 3 nitrogen and oxygen atoms in total. The summed E-state index contributed by atoms with van der Waals surface area (Å²) in [5, 5.41) is 1.02. The third-order valence-electron chi connectivity index (χ3n) is 4.46. The minimum Gasteiger partial charge on any atom is -0.493 e. The van der Waals surface area contributed by atoms with E-state index in [4.69, 9.17) is 14.5 Å². The van der Waals surface area contributed by atoms with Crippen LogP contribution in [-0.2, 0) is 0 Å². The molecule has 0 bridgehead atoms. The second kappa shape index (κ2) is 6.89. The van der Waals surface area contributed by atoms with Crippen LogP contribution in [0.15, 0.2) is 78.9 Å². The molecule has 1 heterocycles. The topological polar surface area (TPSA) is 31.4 Å². The highest BCUT2D eigenvalue weighted by atomic mass is 16.5. The first-order valence-electron chi connectivity index (χ1n) is 8.47. The molecule has 0 unspecified atom stereocenters. The molecule has 0 fully saturated rings. The molecule has 26 heavy (non-hydrogen) atoms. The molecule has 128 valence electrons. The van der Waals surface area contributed by atoms with Crippen LogP contribution in [0.5, 0.6) is 11.5 Å². The van der Waals surface area contributed by atoms with Gasteiger partial charge >= 0.3 is 0 Å². The molecule has 0 saturated heterocycles. The largest absolute Gasteiger partial charge is 0.493 e. The van der Waals surface area contributed by atoms with Crippen molar-refractivity contribution in [3.63, 3.8) is 0 Å². The lowest BCUT2D eigenvalue weighted by Crippen LogP contribution is -1.92. The second-order valence-electron chi connectivity index (χ2n) is 6.04. The molecular weight excluding hydrogens is 322 g/mol. The zero-order valence-electron chi connectivity index (χ0n) is 14.8. The van der Waals surface area contributed by atoms with Crippen LogP contribution >= 0.6 is 0 Å². The Bertz CT molecular complexity index is 1060. The number of hydrogen-bond donors (Lipinski definition) is 0. The Morgan fingerprint density at radius 1 is 0.615 bits per heavy atom. The molecule has 0 aliphatic heterocycles. The Morgan fingerprint density at radius 2 is 1.31 bits per heavy atom. The Balaban J connectivity index is 1.79. The van der Waals surface area contributed by atoms with Gasteiger partial charge in [0.05, 0.1) is 25.4 Å². The van der Waals surface area contributed by atoms with Gasteiger partial charge in [-0.1, -0.05) is 54.6 Å². The number of pyridine rings is 1. The summed E-state index contributed by atoms with van der Waals surface area (Å²) < 4.78 is 10.8. The molecule has 3 heteroatoms. The minimum atomic E-state index is 0.683. The van der Waals surface area contributed by atoms with E-state index >= 15 is 0 Å². The van der Waals surface area contributed by atoms with Crippen molar-refractivity contribution in [3.05, 3.63) is 78.9 Å². The number of rotatable bonds is 4. The Labute approximate surface area is 152 Å². The quantitative estimate of drug-likeness (QED) is 0.485. The first-order chi connectivity index (χ1) is 12.8. The fourth-order valence-corrected chi connectivity index (χ4v) is 3.10. The Hall–Kier alpha value is -3.33. The summed E-state index contributed by atoms with van der Waals surface area (Å²) in [5.74, 6) is 1.39. The molecule has 0 radical (unpaired) electrons. The summed E-state index contributed by atoms with van der Waals surface area (Å²) in [6.07, 6.45) is 0. The van der Waals surface area contributed by atoms with Crippen LogP contribution in [0.1, 0.15) is 0 Å². The average molecular weight is 341 g/mol. The van der Waals surface area contributed by atoms with E-state index in [1.54, 1.807) is 14.2 Å². The van der Waals surface area contributed by atoms with E-state index in [1.165, 1.54) is 11.1 Å². The fraction of sp³-hybridized carbons (Fsp3) is 0.0870. The molecule has 0 atom stereocenters. The number of aromatic nitrogens is 1. The summed E-state index contributed by atoms with van der Waals surface area (Å²) in [7, 11) is 3.28. The predicted molar refractivity (Wildman–Crippen MR) is 106 cm³/mol. The highest BCUT2D eigenvalue weighted by Crippen LogP contribution is 2.33. The van der Waals surface area contributed by atoms with Gasteiger partial charge in [-0.15, -0.1) is 0 Å². The second-order valence-corrected chi connectivity index (χ2v) is 6.04. The van der Waals surface area contributed by atoms with Crippen LogP contribution in [0.2, 0.25) is 0 Å². The monoisotopic (exact) mass is 341 g/mol. The van der Waals surface area contributed by atoms with Crippen LogP contribution in [0.25, 0.3) is 33.3 Å². The van der Waals surface area contributed by atoms with Crippen molar-refractivity contribution in [2.24, 2.45) is 0 Å². The zero-order chi connectivity index (χ0) is 17.9. The Kier molecular flexibility index (Phi) is 4.28. The van der Waals surface area contributed by atoms with Gasteiger partial charge in [-0.25, -0.2) is 4.98 Å². The number of ether oxygens (including phenoxy) is 2. The molecule has 0 aliphatic carbocycles. The molecule has 0 N–H and O–H groups in total. The lowest BCUT2D eigenvalue weighted by molar-refractivity contribution is 0.356. The number of hydrogen-bond acceptors (Lipinski definition) is 3. The SMILES string of the molecule is COc1cc2ccc(-c3cccc(-c4ccccc4)c3)nc2cc1OC. The van der Waals surface area contributed by atoms with Gasteiger partial charge in [0, 0.05) is 17.0 Å². The minimum absolute atomic E-state index is 0.683. The molecule has 0 amide bonds. The normalized spacial score (nSPS) is 10.7. The van der Waals surface area contributed by atoms with Crippen molar-refractivity contribution in [1.82, 2.24) is 4.98 Å². The smallest absolute Gasteiger partial charge is 0.162 e. The molecule has 3 aromatic carbocycles. The van der Waals surface area contributed by atoms with Crippen LogP contribution in [0.4, 0.5) is 0 Å². The third kappa shape index (κ3) is 3.00. The standard InChI is InChI=1S/C23H19NO2/c1-25-22-14-19-11-12-20(24-21(19)15-23(22)26-2)18-10-6-9-17(13-18)16-7-4-3-5-8-16/h3-15H,1-2H3. The maximum atomic E-state index is 5.40. The van der Waals surface area contributed by atoms with Gasteiger partial charge in [-0.2, -0.15) is 0 Å². The molecule has 0 saturated carbocycles. The molecule has 4 rings (SSSR count). The molecule has 0 spiro atoms. The van der Waals surface area contributed by atoms with Gasteiger partial charge < -0.3 is 9.47 Å². The Morgan fingerprint density at radius 3 is 2.08 bits per heavy atom. The summed E-state index contributed by atoms with van der Waals surface area (Å²) in [6.45, 7) is 0. The molecule has 4 aromatic rings. The summed E-state index contributed by atoms with van der Waals surface area (Å²) >= 11 is 0. The van der Waals surface area contributed by atoms with Crippen LogP contribution in [0.3, 0.4) is 0 Å². The summed E-state index contributed by atoms with van der Waals surface area (Å²) in [4.78, 5) is 4.83. The number of fused-ring (bicyclic) bond motifs is 1. The van der Waals surface area contributed by atoms with E-state index in [1.807, 2.05) is 24.3 Å².